The molecule has 7 heteroatoms. The maximum atomic E-state index is 12.1. The lowest BCUT2D eigenvalue weighted by atomic mass is 10.2. The third kappa shape index (κ3) is 5.04. The number of carbonyl (C=O) groups excluding carboxylic acids is 2. The predicted octanol–water partition coefficient (Wildman–Crippen LogP) is 1.86. The van der Waals surface area contributed by atoms with Crippen LogP contribution >= 0.6 is 0 Å². The number of urea groups is 1. The molecule has 1 saturated heterocycles. The lowest BCUT2D eigenvalue weighted by Crippen LogP contribution is -2.53. The fourth-order valence-corrected chi connectivity index (χ4v) is 2.50. The topological polar surface area (TPSA) is 71.1 Å². The maximum Gasteiger partial charge on any atom is 0.409 e. The zero-order valence-corrected chi connectivity index (χ0v) is 14.3. The number of benzene rings is 1. The third-order valence-electron chi connectivity index (χ3n) is 3.95. The van der Waals surface area contributed by atoms with Crippen LogP contribution in [0.1, 0.15) is 12.0 Å². The van der Waals surface area contributed by atoms with E-state index in [1.165, 1.54) is 7.11 Å². The molecule has 0 bridgehead atoms. The van der Waals surface area contributed by atoms with Gasteiger partial charge in [0.15, 0.2) is 0 Å². The van der Waals surface area contributed by atoms with Gasteiger partial charge in [0.1, 0.15) is 5.75 Å². The number of aryl methyl sites for hydroxylation is 1. The van der Waals surface area contributed by atoms with Gasteiger partial charge in [-0.1, -0.05) is 18.2 Å². The first-order valence-corrected chi connectivity index (χ1v) is 8.16. The van der Waals surface area contributed by atoms with Crippen molar-refractivity contribution in [3.05, 3.63) is 29.8 Å². The van der Waals surface area contributed by atoms with Gasteiger partial charge in [-0.25, -0.2) is 9.59 Å². The molecule has 3 amide bonds. The second kappa shape index (κ2) is 9.00. The fourth-order valence-electron chi connectivity index (χ4n) is 2.50. The van der Waals surface area contributed by atoms with Crippen LogP contribution in [0.5, 0.6) is 5.75 Å². The van der Waals surface area contributed by atoms with Crippen LogP contribution < -0.4 is 10.1 Å². The van der Waals surface area contributed by atoms with Crippen molar-refractivity contribution < 1.29 is 19.1 Å². The van der Waals surface area contributed by atoms with E-state index in [-0.39, 0.29) is 12.1 Å². The third-order valence-corrected chi connectivity index (χ3v) is 3.95. The summed E-state index contributed by atoms with van der Waals surface area (Å²) in [4.78, 5) is 26.8. The van der Waals surface area contributed by atoms with Gasteiger partial charge in [-0.15, -0.1) is 0 Å². The molecule has 1 aliphatic heterocycles. The molecule has 1 N–H and O–H groups in total. The molecule has 0 unspecified atom stereocenters. The molecule has 0 saturated carbocycles. The van der Waals surface area contributed by atoms with Gasteiger partial charge in [-0.3, -0.25) is 0 Å². The number of nitrogens with one attached hydrogen (secondary N) is 1. The molecule has 1 heterocycles. The molecule has 132 valence electrons. The number of methoxy groups -OCH3 is 1. The quantitative estimate of drug-likeness (QED) is 0.834. The molecule has 24 heavy (non-hydrogen) atoms. The molecular formula is C17H25N3O4. The van der Waals surface area contributed by atoms with E-state index >= 15 is 0 Å². The number of hydrogen-bond acceptors (Lipinski definition) is 4. The minimum absolute atomic E-state index is 0.101. The summed E-state index contributed by atoms with van der Waals surface area (Å²) in [6.07, 6.45) is 0.394. The SMILES string of the molecule is COC(=O)N1CCN(C(=O)NCCCOc2ccccc2C)CC1. The molecule has 0 radical (unpaired) electrons. The van der Waals surface area contributed by atoms with Crippen LogP contribution in [-0.4, -0.2) is 68.4 Å². The molecule has 1 aromatic rings. The van der Waals surface area contributed by atoms with Crippen LogP contribution in [0.4, 0.5) is 9.59 Å². The van der Waals surface area contributed by atoms with Gasteiger partial charge in [0.05, 0.1) is 13.7 Å². The summed E-state index contributed by atoms with van der Waals surface area (Å²) < 4.78 is 10.4. The zero-order valence-electron chi connectivity index (χ0n) is 14.3. The summed E-state index contributed by atoms with van der Waals surface area (Å²) in [6.45, 7) is 5.14. The Labute approximate surface area is 142 Å². The Hall–Kier alpha value is -2.44. The van der Waals surface area contributed by atoms with E-state index < -0.39 is 0 Å². The highest BCUT2D eigenvalue weighted by Gasteiger charge is 2.24. The Morgan fingerprint density at radius 2 is 1.79 bits per heavy atom. The molecule has 0 spiro atoms. The molecule has 0 aliphatic carbocycles. The van der Waals surface area contributed by atoms with Crippen molar-refractivity contribution in [1.82, 2.24) is 15.1 Å². The van der Waals surface area contributed by atoms with E-state index in [0.717, 1.165) is 17.7 Å². The Kier molecular flexibility index (Phi) is 6.72. The van der Waals surface area contributed by atoms with E-state index in [0.29, 0.717) is 39.3 Å². The number of nitrogens with zero attached hydrogens (tertiary/aromatic N) is 2. The monoisotopic (exact) mass is 335 g/mol. The number of hydrogen-bond donors (Lipinski definition) is 1. The fraction of sp³-hybridized carbons (Fsp3) is 0.529. The van der Waals surface area contributed by atoms with Crippen LogP contribution in [0, 0.1) is 6.92 Å². The standard InChI is InChI=1S/C17H25N3O4/c1-14-6-3-4-7-15(14)24-13-5-8-18-16(21)19-9-11-20(12-10-19)17(22)23-2/h3-4,6-7H,5,8-13H2,1-2H3,(H,18,21). The Morgan fingerprint density at radius 3 is 2.46 bits per heavy atom. The van der Waals surface area contributed by atoms with E-state index in [9.17, 15) is 9.59 Å². The molecule has 0 atom stereocenters. The van der Waals surface area contributed by atoms with E-state index in [1.807, 2.05) is 31.2 Å². The lowest BCUT2D eigenvalue weighted by molar-refractivity contribution is 0.0970. The van der Waals surface area contributed by atoms with Crippen molar-refractivity contribution in [1.29, 1.82) is 0 Å². The second-order valence-electron chi connectivity index (χ2n) is 5.64. The Balaban J connectivity index is 1.60. The smallest absolute Gasteiger partial charge is 0.409 e. The molecular weight excluding hydrogens is 310 g/mol. The van der Waals surface area contributed by atoms with Crippen molar-refractivity contribution in [2.75, 3.05) is 46.4 Å². The van der Waals surface area contributed by atoms with Crippen LogP contribution in [0.3, 0.4) is 0 Å². The molecule has 2 rings (SSSR count). The molecule has 0 aromatic heterocycles. The van der Waals surface area contributed by atoms with Gasteiger partial charge in [0, 0.05) is 32.7 Å². The zero-order chi connectivity index (χ0) is 17.4. The van der Waals surface area contributed by atoms with Gasteiger partial charge in [-0.2, -0.15) is 0 Å². The van der Waals surface area contributed by atoms with Crippen molar-refractivity contribution >= 4 is 12.1 Å². The highest BCUT2D eigenvalue weighted by Crippen LogP contribution is 2.16. The van der Waals surface area contributed by atoms with Gasteiger partial charge < -0.3 is 24.6 Å². The average Bonchev–Trinajstić information content (AvgIpc) is 2.62. The molecule has 1 fully saturated rings. The average molecular weight is 335 g/mol. The minimum Gasteiger partial charge on any atom is -0.493 e. The summed E-state index contributed by atoms with van der Waals surface area (Å²) >= 11 is 0. The van der Waals surface area contributed by atoms with Crippen LogP contribution in [-0.2, 0) is 4.74 Å². The molecule has 1 aliphatic rings. The summed E-state index contributed by atoms with van der Waals surface area (Å²) in [7, 11) is 1.36. The number of carbonyl (C=O) groups is 2. The number of amides is 3. The Morgan fingerprint density at radius 1 is 1.12 bits per heavy atom. The minimum atomic E-state index is -0.344. The predicted molar refractivity (Wildman–Crippen MR) is 90.2 cm³/mol. The number of ether oxygens (including phenoxy) is 2. The molecule has 7 nitrogen and oxygen atoms in total. The van der Waals surface area contributed by atoms with E-state index in [4.69, 9.17) is 4.74 Å². The number of rotatable bonds is 5. The van der Waals surface area contributed by atoms with E-state index in [1.54, 1.807) is 9.80 Å². The van der Waals surface area contributed by atoms with Gasteiger partial charge in [0.25, 0.3) is 0 Å². The highest BCUT2D eigenvalue weighted by atomic mass is 16.5. The first-order chi connectivity index (χ1) is 11.6. The highest BCUT2D eigenvalue weighted by molar-refractivity contribution is 5.74. The summed E-state index contributed by atoms with van der Waals surface area (Å²) in [5.74, 6) is 0.878. The van der Waals surface area contributed by atoms with E-state index in [2.05, 4.69) is 10.1 Å². The van der Waals surface area contributed by atoms with Crippen LogP contribution in [0.2, 0.25) is 0 Å². The number of piperazine rings is 1. The van der Waals surface area contributed by atoms with Gasteiger partial charge in [-0.05, 0) is 25.0 Å². The van der Waals surface area contributed by atoms with Gasteiger partial charge >= 0.3 is 12.1 Å². The van der Waals surface area contributed by atoms with Crippen molar-refractivity contribution in [2.24, 2.45) is 0 Å². The van der Waals surface area contributed by atoms with Crippen molar-refractivity contribution in [3.63, 3.8) is 0 Å². The van der Waals surface area contributed by atoms with Crippen LogP contribution in [0.15, 0.2) is 24.3 Å². The number of para-hydroxylation sites is 1. The van der Waals surface area contributed by atoms with Crippen molar-refractivity contribution in [2.45, 2.75) is 13.3 Å². The Bertz CT molecular complexity index is 557. The molecule has 1 aromatic carbocycles. The normalized spacial score (nSPS) is 14.2. The van der Waals surface area contributed by atoms with Crippen molar-refractivity contribution in [3.8, 4) is 5.75 Å². The second-order valence-corrected chi connectivity index (χ2v) is 5.64. The first-order valence-electron chi connectivity index (χ1n) is 8.16. The largest absolute Gasteiger partial charge is 0.493 e. The van der Waals surface area contributed by atoms with Gasteiger partial charge in [0.2, 0.25) is 0 Å². The summed E-state index contributed by atoms with van der Waals surface area (Å²) in [5.41, 5.74) is 1.10. The lowest BCUT2D eigenvalue weighted by Gasteiger charge is -2.33. The van der Waals surface area contributed by atoms with Crippen LogP contribution in [0.25, 0.3) is 0 Å². The summed E-state index contributed by atoms with van der Waals surface area (Å²) in [6, 6.07) is 7.76. The first kappa shape index (κ1) is 17.9. The summed E-state index contributed by atoms with van der Waals surface area (Å²) in [5, 5.41) is 2.88. The maximum absolute atomic E-state index is 12.1.